The van der Waals surface area contributed by atoms with E-state index in [0.717, 1.165) is 30.0 Å². The van der Waals surface area contributed by atoms with Crippen LogP contribution in [0.4, 0.5) is 0 Å². The van der Waals surface area contributed by atoms with E-state index in [2.05, 4.69) is 52.7 Å². The van der Waals surface area contributed by atoms with Crippen LogP contribution in [0.3, 0.4) is 0 Å². The molecule has 0 aliphatic carbocycles. The number of thioether (sulfide) groups is 1. The number of hydrogen-bond donors (Lipinski definition) is 1. The van der Waals surface area contributed by atoms with E-state index in [0.29, 0.717) is 0 Å². The van der Waals surface area contributed by atoms with Crippen molar-refractivity contribution in [3.8, 4) is 0 Å². The van der Waals surface area contributed by atoms with E-state index in [-0.39, 0.29) is 0 Å². The molecule has 1 aliphatic heterocycles. The van der Waals surface area contributed by atoms with E-state index in [4.69, 9.17) is 0 Å². The summed E-state index contributed by atoms with van der Waals surface area (Å²) < 4.78 is 0. The Hall–Kier alpha value is -0.0300. The van der Waals surface area contributed by atoms with Gasteiger partial charge in [-0.05, 0) is 35.4 Å². The molecular formula is C14H24N2S2. The second-order valence-corrected chi connectivity index (χ2v) is 7.81. The SMILES string of the molecule is CC1CN(CCNCCc2ccsc2)CC(C)S1. The molecule has 2 atom stereocenters. The minimum atomic E-state index is 0.791. The molecule has 0 spiro atoms. The number of hydrogen-bond acceptors (Lipinski definition) is 4. The zero-order valence-electron chi connectivity index (χ0n) is 11.4. The van der Waals surface area contributed by atoms with E-state index < -0.39 is 0 Å². The van der Waals surface area contributed by atoms with E-state index in [1.807, 2.05) is 0 Å². The van der Waals surface area contributed by atoms with Gasteiger partial charge in [0, 0.05) is 36.7 Å². The molecule has 2 heterocycles. The predicted octanol–water partition coefficient (Wildman–Crippen LogP) is 2.71. The van der Waals surface area contributed by atoms with Crippen molar-refractivity contribution in [2.75, 3.05) is 32.7 Å². The van der Waals surface area contributed by atoms with Gasteiger partial charge in [0.1, 0.15) is 0 Å². The van der Waals surface area contributed by atoms with Crippen molar-refractivity contribution in [1.82, 2.24) is 10.2 Å². The monoisotopic (exact) mass is 284 g/mol. The molecule has 0 aromatic carbocycles. The highest BCUT2D eigenvalue weighted by Gasteiger charge is 2.21. The van der Waals surface area contributed by atoms with Crippen molar-refractivity contribution in [3.63, 3.8) is 0 Å². The zero-order chi connectivity index (χ0) is 12.8. The van der Waals surface area contributed by atoms with Crippen molar-refractivity contribution in [2.24, 2.45) is 0 Å². The first-order chi connectivity index (χ1) is 8.74. The van der Waals surface area contributed by atoms with Crippen molar-refractivity contribution < 1.29 is 0 Å². The highest BCUT2D eigenvalue weighted by molar-refractivity contribution is 8.00. The lowest BCUT2D eigenvalue weighted by molar-refractivity contribution is 0.271. The van der Waals surface area contributed by atoms with Gasteiger partial charge in [-0.15, -0.1) is 0 Å². The van der Waals surface area contributed by atoms with Crippen molar-refractivity contribution in [1.29, 1.82) is 0 Å². The number of rotatable bonds is 6. The Morgan fingerprint density at radius 2 is 2.06 bits per heavy atom. The first kappa shape index (κ1) is 14.4. The Morgan fingerprint density at radius 3 is 2.72 bits per heavy atom. The lowest BCUT2D eigenvalue weighted by atomic mass is 10.2. The third-order valence-electron chi connectivity index (χ3n) is 3.27. The minimum Gasteiger partial charge on any atom is -0.315 e. The molecule has 1 N–H and O–H groups in total. The predicted molar refractivity (Wildman–Crippen MR) is 83.8 cm³/mol. The van der Waals surface area contributed by atoms with Gasteiger partial charge < -0.3 is 5.32 Å². The normalized spacial score (nSPS) is 25.4. The molecule has 102 valence electrons. The van der Waals surface area contributed by atoms with Gasteiger partial charge in [0.05, 0.1) is 0 Å². The second kappa shape index (κ2) is 7.53. The maximum Gasteiger partial charge on any atom is 0.0149 e. The van der Waals surface area contributed by atoms with Gasteiger partial charge in [-0.3, -0.25) is 4.90 Å². The van der Waals surface area contributed by atoms with Crippen LogP contribution in [0, 0.1) is 0 Å². The average Bonchev–Trinajstić information content (AvgIpc) is 2.80. The summed E-state index contributed by atoms with van der Waals surface area (Å²) in [6, 6.07) is 2.22. The first-order valence-corrected chi connectivity index (χ1v) is 8.72. The number of nitrogens with one attached hydrogen (secondary N) is 1. The third-order valence-corrected chi connectivity index (χ3v) is 5.23. The van der Waals surface area contributed by atoms with Gasteiger partial charge in [-0.2, -0.15) is 23.1 Å². The topological polar surface area (TPSA) is 15.3 Å². The fraction of sp³-hybridized carbons (Fsp3) is 0.714. The van der Waals surface area contributed by atoms with E-state index >= 15 is 0 Å². The Kier molecular flexibility index (Phi) is 6.02. The first-order valence-electron chi connectivity index (χ1n) is 6.83. The van der Waals surface area contributed by atoms with Gasteiger partial charge >= 0.3 is 0 Å². The molecule has 1 saturated heterocycles. The second-order valence-electron chi connectivity index (χ2n) is 5.15. The summed E-state index contributed by atoms with van der Waals surface area (Å²) in [5.74, 6) is 0. The Labute approximate surface area is 119 Å². The van der Waals surface area contributed by atoms with Crippen LogP contribution in [0.25, 0.3) is 0 Å². The lowest BCUT2D eigenvalue weighted by Crippen LogP contribution is -2.43. The van der Waals surface area contributed by atoms with Crippen LogP contribution >= 0.6 is 23.1 Å². The standard InChI is InChI=1S/C14H24N2S2/c1-12-9-16(10-13(2)18-12)7-6-15-5-3-14-4-8-17-11-14/h4,8,11-13,15H,3,5-7,9-10H2,1-2H3. The average molecular weight is 284 g/mol. The summed E-state index contributed by atoms with van der Waals surface area (Å²) in [5.41, 5.74) is 1.46. The van der Waals surface area contributed by atoms with Crippen LogP contribution in [-0.2, 0) is 6.42 Å². The van der Waals surface area contributed by atoms with Gasteiger partial charge in [0.25, 0.3) is 0 Å². The van der Waals surface area contributed by atoms with E-state index in [9.17, 15) is 0 Å². The molecule has 0 saturated carbocycles. The van der Waals surface area contributed by atoms with Crippen molar-refractivity contribution >= 4 is 23.1 Å². The molecule has 0 radical (unpaired) electrons. The van der Waals surface area contributed by atoms with Gasteiger partial charge in [0.2, 0.25) is 0 Å². The smallest absolute Gasteiger partial charge is 0.0149 e. The molecule has 4 heteroatoms. The van der Waals surface area contributed by atoms with Gasteiger partial charge in [0.15, 0.2) is 0 Å². The van der Waals surface area contributed by atoms with Crippen LogP contribution in [0.5, 0.6) is 0 Å². The number of thiophene rings is 1. The Morgan fingerprint density at radius 1 is 1.28 bits per heavy atom. The van der Waals surface area contributed by atoms with Crippen LogP contribution in [0.1, 0.15) is 19.4 Å². The number of nitrogens with zero attached hydrogens (tertiary/aromatic N) is 1. The van der Waals surface area contributed by atoms with E-state index in [1.54, 1.807) is 11.3 Å². The highest BCUT2D eigenvalue weighted by atomic mass is 32.2. The van der Waals surface area contributed by atoms with Gasteiger partial charge in [-0.25, -0.2) is 0 Å². The van der Waals surface area contributed by atoms with Crippen LogP contribution in [0.2, 0.25) is 0 Å². The summed E-state index contributed by atoms with van der Waals surface area (Å²) in [6.07, 6.45) is 1.16. The third kappa shape index (κ3) is 4.92. The molecule has 1 aromatic rings. The van der Waals surface area contributed by atoms with Crippen molar-refractivity contribution in [2.45, 2.75) is 30.8 Å². The summed E-state index contributed by atoms with van der Waals surface area (Å²) in [6.45, 7) is 10.6. The van der Waals surface area contributed by atoms with Crippen LogP contribution < -0.4 is 5.32 Å². The molecule has 2 rings (SSSR count). The minimum absolute atomic E-state index is 0.791. The zero-order valence-corrected chi connectivity index (χ0v) is 13.0. The summed E-state index contributed by atoms with van der Waals surface area (Å²) in [7, 11) is 0. The molecule has 0 bridgehead atoms. The molecule has 2 nitrogen and oxygen atoms in total. The summed E-state index contributed by atoms with van der Waals surface area (Å²) in [5, 5.41) is 9.54. The van der Waals surface area contributed by atoms with Crippen molar-refractivity contribution in [3.05, 3.63) is 22.4 Å². The molecule has 2 unspecified atom stereocenters. The molecule has 1 fully saturated rings. The summed E-state index contributed by atoms with van der Waals surface area (Å²) in [4.78, 5) is 2.60. The quantitative estimate of drug-likeness (QED) is 0.809. The Bertz CT molecular complexity index is 317. The molecular weight excluding hydrogens is 260 g/mol. The Balaban J connectivity index is 1.55. The molecule has 18 heavy (non-hydrogen) atoms. The maximum atomic E-state index is 3.56. The summed E-state index contributed by atoms with van der Waals surface area (Å²) >= 11 is 3.91. The largest absolute Gasteiger partial charge is 0.315 e. The maximum absolute atomic E-state index is 3.56. The fourth-order valence-electron chi connectivity index (χ4n) is 2.50. The van der Waals surface area contributed by atoms with Crippen LogP contribution in [-0.4, -0.2) is 48.1 Å². The molecule has 1 aliphatic rings. The fourth-order valence-corrected chi connectivity index (χ4v) is 4.59. The molecule has 0 amide bonds. The molecule has 1 aromatic heterocycles. The van der Waals surface area contributed by atoms with Gasteiger partial charge in [-0.1, -0.05) is 13.8 Å². The lowest BCUT2D eigenvalue weighted by Gasteiger charge is -2.34. The highest BCUT2D eigenvalue weighted by Crippen LogP contribution is 2.24. The van der Waals surface area contributed by atoms with Crippen LogP contribution in [0.15, 0.2) is 16.8 Å². The van der Waals surface area contributed by atoms with E-state index in [1.165, 1.54) is 25.2 Å².